The van der Waals surface area contributed by atoms with Crippen LogP contribution in [0.25, 0.3) is 11.2 Å². The van der Waals surface area contributed by atoms with Gasteiger partial charge < -0.3 is 14.6 Å². The number of nitriles is 1. The highest BCUT2D eigenvalue weighted by molar-refractivity contribution is 5.93. The highest BCUT2D eigenvalue weighted by atomic mass is 19.4. The highest BCUT2D eigenvalue weighted by Gasteiger charge is 2.31. The summed E-state index contributed by atoms with van der Waals surface area (Å²) in [5, 5.41) is 12.7. The third kappa shape index (κ3) is 4.66. The molecule has 178 valence electrons. The minimum absolute atomic E-state index is 0.0323. The number of imidazole rings is 1. The SMILES string of the molecule is CCOC(=O)c1nc2nc(C#N)nc(NC(C)C3CCC3)c2n1Cc1ccc(C(F)(F)F)cc1. The van der Waals surface area contributed by atoms with Gasteiger partial charge in [-0.15, -0.1) is 0 Å². The Balaban J connectivity index is 1.82. The van der Waals surface area contributed by atoms with E-state index in [0.29, 0.717) is 22.8 Å². The van der Waals surface area contributed by atoms with E-state index in [9.17, 15) is 23.2 Å². The first-order chi connectivity index (χ1) is 16.2. The van der Waals surface area contributed by atoms with E-state index in [1.807, 2.05) is 13.0 Å². The van der Waals surface area contributed by atoms with Crippen LogP contribution in [0.5, 0.6) is 0 Å². The number of anilines is 1. The lowest BCUT2D eigenvalue weighted by Crippen LogP contribution is -2.31. The second-order valence-corrected chi connectivity index (χ2v) is 8.24. The van der Waals surface area contributed by atoms with Crippen molar-refractivity contribution in [1.82, 2.24) is 19.5 Å². The molecule has 0 amide bonds. The Morgan fingerprint density at radius 1 is 1.26 bits per heavy atom. The molecule has 1 fully saturated rings. The highest BCUT2D eigenvalue weighted by Crippen LogP contribution is 2.33. The predicted octanol–water partition coefficient (Wildman–Crippen LogP) is 4.54. The van der Waals surface area contributed by atoms with Gasteiger partial charge in [-0.25, -0.2) is 9.78 Å². The Kier molecular flexibility index (Phi) is 6.41. The van der Waals surface area contributed by atoms with Gasteiger partial charge in [-0.05, 0) is 50.3 Å². The number of aromatic nitrogens is 4. The number of halogens is 3. The van der Waals surface area contributed by atoms with Crippen LogP contribution in [-0.4, -0.2) is 38.1 Å². The molecule has 0 spiro atoms. The molecule has 2 heterocycles. The first kappa shape index (κ1) is 23.5. The number of fused-ring (bicyclic) bond motifs is 1. The van der Waals surface area contributed by atoms with Gasteiger partial charge in [-0.2, -0.15) is 28.4 Å². The normalized spacial score (nSPS) is 14.9. The second-order valence-electron chi connectivity index (χ2n) is 8.24. The van der Waals surface area contributed by atoms with Crippen molar-refractivity contribution in [1.29, 1.82) is 5.26 Å². The molecule has 1 atom stereocenters. The summed E-state index contributed by atoms with van der Waals surface area (Å²) in [6, 6.07) is 6.63. The Bertz CT molecular complexity index is 1240. The number of nitrogens with one attached hydrogen (secondary N) is 1. The summed E-state index contributed by atoms with van der Waals surface area (Å²) in [6.45, 7) is 3.82. The van der Waals surface area contributed by atoms with Gasteiger partial charge in [-0.1, -0.05) is 18.6 Å². The van der Waals surface area contributed by atoms with Crippen LogP contribution in [0.2, 0.25) is 0 Å². The number of carbonyl (C=O) groups is 1. The number of hydrogen-bond donors (Lipinski definition) is 1. The molecule has 1 aliphatic rings. The zero-order chi connectivity index (χ0) is 24.5. The maximum absolute atomic E-state index is 13.0. The van der Waals surface area contributed by atoms with Gasteiger partial charge in [0.25, 0.3) is 0 Å². The molecule has 0 bridgehead atoms. The van der Waals surface area contributed by atoms with Crippen molar-refractivity contribution in [3.05, 3.63) is 47.0 Å². The van der Waals surface area contributed by atoms with E-state index < -0.39 is 17.7 Å². The monoisotopic (exact) mass is 472 g/mol. The van der Waals surface area contributed by atoms with Crippen LogP contribution in [0.15, 0.2) is 24.3 Å². The molecule has 1 N–H and O–H groups in total. The smallest absolute Gasteiger partial charge is 0.416 e. The molecule has 0 radical (unpaired) electrons. The average molecular weight is 472 g/mol. The maximum atomic E-state index is 13.0. The van der Waals surface area contributed by atoms with Crippen molar-refractivity contribution in [3.63, 3.8) is 0 Å². The lowest BCUT2D eigenvalue weighted by Gasteiger charge is -2.32. The van der Waals surface area contributed by atoms with Gasteiger partial charge in [0.2, 0.25) is 11.6 Å². The quantitative estimate of drug-likeness (QED) is 0.503. The largest absolute Gasteiger partial charge is 0.460 e. The van der Waals surface area contributed by atoms with Crippen LogP contribution in [0, 0.1) is 17.2 Å². The summed E-state index contributed by atoms with van der Waals surface area (Å²) in [5.74, 6) is -0.0860. The van der Waals surface area contributed by atoms with E-state index in [0.717, 1.165) is 31.4 Å². The van der Waals surface area contributed by atoms with Crippen molar-refractivity contribution < 1.29 is 22.7 Å². The molecule has 8 nitrogen and oxygen atoms in total. The fourth-order valence-corrected chi connectivity index (χ4v) is 3.95. The fraction of sp³-hybridized carbons (Fsp3) is 0.435. The number of hydrogen-bond acceptors (Lipinski definition) is 7. The maximum Gasteiger partial charge on any atom is 0.416 e. The van der Waals surface area contributed by atoms with E-state index in [1.165, 1.54) is 16.7 Å². The van der Waals surface area contributed by atoms with E-state index in [4.69, 9.17) is 4.74 Å². The first-order valence-corrected chi connectivity index (χ1v) is 11.0. The van der Waals surface area contributed by atoms with Crippen LogP contribution in [0.3, 0.4) is 0 Å². The lowest BCUT2D eigenvalue weighted by molar-refractivity contribution is -0.137. The van der Waals surface area contributed by atoms with E-state index >= 15 is 0 Å². The molecule has 0 aliphatic heterocycles. The van der Waals surface area contributed by atoms with Crippen LogP contribution >= 0.6 is 0 Å². The summed E-state index contributed by atoms with van der Waals surface area (Å²) in [7, 11) is 0. The van der Waals surface area contributed by atoms with E-state index in [-0.39, 0.29) is 36.5 Å². The Hall–Kier alpha value is -3.68. The second kappa shape index (κ2) is 9.29. The molecule has 1 saturated carbocycles. The Labute approximate surface area is 193 Å². The molecule has 1 unspecified atom stereocenters. The standard InChI is InChI=1S/C23H23F3N6O2/c1-3-34-22(33)21-31-20-18(32(21)12-14-7-9-16(10-8-14)23(24,25)26)19(29-17(11-27)30-20)28-13(2)15-5-4-6-15/h7-10,13,15H,3-6,12H2,1-2H3,(H,28,29,30). The number of benzene rings is 1. The topological polar surface area (TPSA) is 106 Å². The van der Waals surface area contributed by atoms with Gasteiger partial charge in [0.05, 0.1) is 18.7 Å². The molecule has 11 heteroatoms. The lowest BCUT2D eigenvalue weighted by atomic mass is 9.80. The van der Waals surface area contributed by atoms with Gasteiger partial charge in [-0.3, -0.25) is 0 Å². The van der Waals surface area contributed by atoms with Crippen molar-refractivity contribution in [3.8, 4) is 6.07 Å². The van der Waals surface area contributed by atoms with Gasteiger partial charge in [0, 0.05) is 6.04 Å². The van der Waals surface area contributed by atoms with Gasteiger partial charge >= 0.3 is 12.1 Å². The Morgan fingerprint density at radius 3 is 2.53 bits per heavy atom. The average Bonchev–Trinajstić information content (AvgIpc) is 3.11. The number of esters is 1. The van der Waals surface area contributed by atoms with Crippen LogP contribution in [-0.2, 0) is 17.5 Å². The number of nitrogens with zero attached hydrogens (tertiary/aromatic N) is 5. The van der Waals surface area contributed by atoms with Crippen molar-refractivity contribution in [2.45, 2.75) is 51.9 Å². The molecule has 34 heavy (non-hydrogen) atoms. The number of alkyl halides is 3. The Morgan fingerprint density at radius 2 is 1.97 bits per heavy atom. The van der Waals surface area contributed by atoms with Gasteiger partial charge in [0.1, 0.15) is 11.6 Å². The molecule has 1 aliphatic carbocycles. The molecule has 2 aromatic heterocycles. The molecule has 0 saturated heterocycles. The van der Waals surface area contributed by atoms with Crippen molar-refractivity contribution in [2.24, 2.45) is 5.92 Å². The number of ether oxygens (including phenoxy) is 1. The zero-order valence-corrected chi connectivity index (χ0v) is 18.7. The minimum Gasteiger partial charge on any atom is -0.460 e. The molecular formula is C23H23F3N6O2. The van der Waals surface area contributed by atoms with Crippen LogP contribution < -0.4 is 5.32 Å². The summed E-state index contributed by atoms with van der Waals surface area (Å²) >= 11 is 0. The van der Waals surface area contributed by atoms with E-state index in [2.05, 4.69) is 20.3 Å². The summed E-state index contributed by atoms with van der Waals surface area (Å²) in [4.78, 5) is 25.5. The summed E-state index contributed by atoms with van der Waals surface area (Å²) < 4.78 is 45.6. The first-order valence-electron chi connectivity index (χ1n) is 11.0. The van der Waals surface area contributed by atoms with Gasteiger partial charge in [0.15, 0.2) is 11.5 Å². The molecule has 3 aromatic rings. The number of carbonyl (C=O) groups excluding carboxylic acids is 1. The molecule has 4 rings (SSSR count). The van der Waals surface area contributed by atoms with Crippen LogP contribution in [0.1, 0.15) is 60.7 Å². The fourth-order valence-electron chi connectivity index (χ4n) is 3.95. The summed E-state index contributed by atoms with van der Waals surface area (Å²) in [5.41, 5.74) is 0.258. The third-order valence-electron chi connectivity index (χ3n) is 6.00. The van der Waals surface area contributed by atoms with Crippen molar-refractivity contribution >= 4 is 23.0 Å². The third-order valence-corrected chi connectivity index (χ3v) is 6.00. The van der Waals surface area contributed by atoms with Crippen LogP contribution in [0.4, 0.5) is 19.0 Å². The summed E-state index contributed by atoms with van der Waals surface area (Å²) in [6.07, 6.45) is -1.15. The number of rotatable bonds is 7. The minimum atomic E-state index is -4.45. The molecule has 1 aromatic carbocycles. The predicted molar refractivity (Wildman–Crippen MR) is 117 cm³/mol. The zero-order valence-electron chi connectivity index (χ0n) is 18.7. The molecular weight excluding hydrogens is 449 g/mol. The van der Waals surface area contributed by atoms with E-state index in [1.54, 1.807) is 6.92 Å². The van der Waals surface area contributed by atoms with Crippen molar-refractivity contribution in [2.75, 3.05) is 11.9 Å².